The molecule has 0 bridgehead atoms. The molecule has 1 aromatic carbocycles. The molecule has 1 N–H and O–H groups in total. The number of para-hydroxylation sites is 1. The van der Waals surface area contributed by atoms with E-state index in [4.69, 9.17) is 5.11 Å². The van der Waals surface area contributed by atoms with E-state index in [1.807, 2.05) is 30.3 Å². The first-order valence-corrected chi connectivity index (χ1v) is 7.62. The van der Waals surface area contributed by atoms with Gasteiger partial charge in [0.2, 0.25) is 0 Å². The molecule has 1 aromatic heterocycles. The highest BCUT2D eigenvalue weighted by Gasteiger charge is 2.26. The highest BCUT2D eigenvalue weighted by atomic mass is 16.4. The smallest absolute Gasteiger partial charge is 0.303 e. The largest absolute Gasteiger partial charge is 0.481 e. The Kier molecular flexibility index (Phi) is 4.36. The van der Waals surface area contributed by atoms with Crippen molar-refractivity contribution in [3.8, 4) is 5.69 Å². The Hall–Kier alpha value is -2.70. The number of nitrogens with zero attached hydrogens (tertiary/aromatic N) is 4. The van der Waals surface area contributed by atoms with Gasteiger partial charge in [-0.25, -0.2) is 0 Å². The Morgan fingerprint density at radius 1 is 1.17 bits per heavy atom. The quantitative estimate of drug-likeness (QED) is 0.926. The summed E-state index contributed by atoms with van der Waals surface area (Å²) in [6, 6.07) is 9.40. The molecule has 1 aliphatic heterocycles. The predicted octanol–water partition coefficient (Wildman–Crippen LogP) is 1.59. The zero-order valence-corrected chi connectivity index (χ0v) is 12.6. The third-order valence-electron chi connectivity index (χ3n) is 4.06. The molecule has 0 aliphatic carbocycles. The Labute approximate surface area is 133 Å². The number of hydrogen-bond donors (Lipinski definition) is 1. The minimum absolute atomic E-state index is 0.150. The molecule has 3 rings (SSSR count). The molecule has 1 aliphatic rings. The average Bonchev–Trinajstić information content (AvgIpc) is 3.05. The fourth-order valence-corrected chi connectivity index (χ4v) is 2.80. The second kappa shape index (κ2) is 6.60. The standard InChI is InChI=1S/C16H18N4O3/c21-15(22)10-12-6-8-19(9-7-12)16(23)14-11-17-20(18-14)13-4-2-1-3-5-13/h1-5,11-12H,6-10H2,(H,21,22). The minimum atomic E-state index is -0.777. The van der Waals surface area contributed by atoms with Crippen LogP contribution in [0.15, 0.2) is 36.5 Å². The molecule has 120 valence electrons. The second-order valence-electron chi connectivity index (χ2n) is 5.69. The maximum absolute atomic E-state index is 12.5. The van der Waals surface area contributed by atoms with Gasteiger partial charge in [0.15, 0.2) is 5.69 Å². The van der Waals surface area contributed by atoms with Crippen molar-refractivity contribution in [2.24, 2.45) is 5.92 Å². The first-order chi connectivity index (χ1) is 11.1. The van der Waals surface area contributed by atoms with Gasteiger partial charge in [0.05, 0.1) is 11.9 Å². The Morgan fingerprint density at radius 2 is 1.87 bits per heavy atom. The maximum Gasteiger partial charge on any atom is 0.303 e. The van der Waals surface area contributed by atoms with Crippen molar-refractivity contribution in [2.45, 2.75) is 19.3 Å². The van der Waals surface area contributed by atoms with Crippen LogP contribution in [-0.4, -0.2) is 50.0 Å². The summed E-state index contributed by atoms with van der Waals surface area (Å²) in [6.07, 6.45) is 3.07. The maximum atomic E-state index is 12.5. The fourth-order valence-electron chi connectivity index (χ4n) is 2.80. The molecule has 1 fully saturated rings. The van der Waals surface area contributed by atoms with Crippen molar-refractivity contribution in [3.63, 3.8) is 0 Å². The van der Waals surface area contributed by atoms with Crippen molar-refractivity contribution >= 4 is 11.9 Å². The van der Waals surface area contributed by atoms with E-state index in [0.717, 1.165) is 5.69 Å². The lowest BCUT2D eigenvalue weighted by Gasteiger charge is -2.30. The Bertz CT molecular complexity index is 690. The summed E-state index contributed by atoms with van der Waals surface area (Å²) >= 11 is 0. The van der Waals surface area contributed by atoms with Crippen molar-refractivity contribution in [1.82, 2.24) is 19.9 Å². The Morgan fingerprint density at radius 3 is 2.52 bits per heavy atom. The predicted molar refractivity (Wildman–Crippen MR) is 82.2 cm³/mol. The van der Waals surface area contributed by atoms with Crippen molar-refractivity contribution in [1.29, 1.82) is 0 Å². The Balaban J connectivity index is 1.63. The third-order valence-corrected chi connectivity index (χ3v) is 4.06. The van der Waals surface area contributed by atoms with Gasteiger partial charge in [0.1, 0.15) is 0 Å². The van der Waals surface area contributed by atoms with Gasteiger partial charge in [0, 0.05) is 19.5 Å². The summed E-state index contributed by atoms with van der Waals surface area (Å²) in [5.41, 5.74) is 1.11. The van der Waals surface area contributed by atoms with Gasteiger partial charge in [-0.1, -0.05) is 18.2 Å². The van der Waals surface area contributed by atoms with Crippen LogP contribution in [0.2, 0.25) is 0 Å². The first-order valence-electron chi connectivity index (χ1n) is 7.62. The number of piperidine rings is 1. The number of aliphatic carboxylic acids is 1. The van der Waals surface area contributed by atoms with Crippen LogP contribution in [0.5, 0.6) is 0 Å². The lowest BCUT2D eigenvalue weighted by molar-refractivity contribution is -0.138. The number of hydrogen-bond acceptors (Lipinski definition) is 4. The molecule has 7 heteroatoms. The number of likely N-dealkylation sites (tertiary alicyclic amines) is 1. The summed E-state index contributed by atoms with van der Waals surface area (Å²) in [7, 11) is 0. The molecule has 0 unspecified atom stereocenters. The SMILES string of the molecule is O=C(O)CC1CCN(C(=O)c2cnn(-c3ccccc3)n2)CC1. The summed E-state index contributed by atoms with van der Waals surface area (Å²) < 4.78 is 0. The van der Waals surface area contributed by atoms with Gasteiger partial charge < -0.3 is 10.0 Å². The fraction of sp³-hybridized carbons (Fsp3) is 0.375. The molecule has 23 heavy (non-hydrogen) atoms. The van der Waals surface area contributed by atoms with Crippen LogP contribution in [-0.2, 0) is 4.79 Å². The number of aromatic nitrogens is 3. The van der Waals surface area contributed by atoms with Gasteiger partial charge in [0.25, 0.3) is 5.91 Å². The summed E-state index contributed by atoms with van der Waals surface area (Å²) in [4.78, 5) is 26.4. The highest BCUT2D eigenvalue weighted by molar-refractivity contribution is 5.92. The van der Waals surface area contributed by atoms with Crippen LogP contribution in [0.25, 0.3) is 5.69 Å². The van der Waals surface area contributed by atoms with E-state index in [1.54, 1.807) is 4.90 Å². The van der Waals surface area contributed by atoms with E-state index in [2.05, 4.69) is 10.2 Å². The summed E-state index contributed by atoms with van der Waals surface area (Å²) in [5, 5.41) is 17.2. The lowest BCUT2D eigenvalue weighted by Crippen LogP contribution is -2.39. The van der Waals surface area contributed by atoms with E-state index in [9.17, 15) is 9.59 Å². The number of carbonyl (C=O) groups excluding carboxylic acids is 1. The average molecular weight is 314 g/mol. The topological polar surface area (TPSA) is 88.3 Å². The van der Waals surface area contributed by atoms with E-state index in [1.165, 1.54) is 11.0 Å². The van der Waals surface area contributed by atoms with Crippen molar-refractivity contribution in [2.75, 3.05) is 13.1 Å². The van der Waals surface area contributed by atoms with E-state index < -0.39 is 5.97 Å². The highest BCUT2D eigenvalue weighted by Crippen LogP contribution is 2.21. The van der Waals surface area contributed by atoms with Crippen LogP contribution in [0.4, 0.5) is 0 Å². The van der Waals surface area contributed by atoms with E-state index in [0.29, 0.717) is 31.6 Å². The molecule has 0 spiro atoms. The van der Waals surface area contributed by atoms with E-state index in [-0.39, 0.29) is 18.2 Å². The molecule has 2 heterocycles. The number of carboxylic acid groups (broad SMARTS) is 1. The first kappa shape index (κ1) is 15.2. The normalized spacial score (nSPS) is 15.6. The number of carboxylic acids is 1. The molecule has 0 radical (unpaired) electrons. The number of amides is 1. The molecule has 2 aromatic rings. The molecule has 0 atom stereocenters. The monoisotopic (exact) mass is 314 g/mol. The van der Waals surface area contributed by atoms with Crippen molar-refractivity contribution in [3.05, 3.63) is 42.2 Å². The van der Waals surface area contributed by atoms with Crippen LogP contribution in [0, 0.1) is 5.92 Å². The zero-order valence-electron chi connectivity index (χ0n) is 12.6. The molecular weight excluding hydrogens is 296 g/mol. The van der Waals surface area contributed by atoms with E-state index >= 15 is 0 Å². The molecule has 1 amide bonds. The van der Waals surface area contributed by atoms with Crippen molar-refractivity contribution < 1.29 is 14.7 Å². The van der Waals surface area contributed by atoms with Gasteiger partial charge in [-0.05, 0) is 30.9 Å². The van der Waals surface area contributed by atoms with Gasteiger partial charge in [-0.15, -0.1) is 5.10 Å². The minimum Gasteiger partial charge on any atom is -0.481 e. The number of benzene rings is 1. The van der Waals surface area contributed by atoms with Crippen LogP contribution in [0.1, 0.15) is 29.8 Å². The third kappa shape index (κ3) is 3.56. The van der Waals surface area contributed by atoms with Gasteiger partial charge in [-0.3, -0.25) is 9.59 Å². The molecule has 7 nitrogen and oxygen atoms in total. The molecular formula is C16H18N4O3. The lowest BCUT2D eigenvalue weighted by atomic mass is 9.93. The van der Waals surface area contributed by atoms with Crippen LogP contribution < -0.4 is 0 Å². The van der Waals surface area contributed by atoms with Gasteiger partial charge >= 0.3 is 5.97 Å². The van der Waals surface area contributed by atoms with Gasteiger partial charge in [-0.2, -0.15) is 9.90 Å². The number of carbonyl (C=O) groups is 2. The second-order valence-corrected chi connectivity index (χ2v) is 5.69. The molecule has 1 saturated heterocycles. The van der Waals surface area contributed by atoms with Crippen LogP contribution >= 0.6 is 0 Å². The summed E-state index contributed by atoms with van der Waals surface area (Å²) in [6.45, 7) is 1.13. The summed E-state index contributed by atoms with van der Waals surface area (Å²) in [5.74, 6) is -0.780. The molecule has 0 saturated carbocycles. The zero-order chi connectivity index (χ0) is 16.2. The number of rotatable bonds is 4. The van der Waals surface area contributed by atoms with Crippen LogP contribution in [0.3, 0.4) is 0 Å².